The lowest BCUT2D eigenvalue weighted by Gasteiger charge is -2.04. The van der Waals surface area contributed by atoms with E-state index in [1.807, 2.05) is 0 Å². The number of nitrogens with zero attached hydrogens (tertiary/aromatic N) is 5. The van der Waals surface area contributed by atoms with Gasteiger partial charge in [0, 0.05) is 12.4 Å². The Bertz CT molecular complexity index is 711. The minimum absolute atomic E-state index is 0.317. The van der Waals surface area contributed by atoms with E-state index in [0.717, 1.165) is 0 Å². The second-order valence-electron chi connectivity index (χ2n) is 3.58. The highest BCUT2D eigenvalue weighted by atomic mass is 32.2. The molecule has 3 aromatic rings. The smallest absolute Gasteiger partial charge is 0.192 e. The maximum atomic E-state index is 13.6. The molecular weight excluding hydrogens is 253 g/mol. The zero-order chi connectivity index (χ0) is 12.5. The molecule has 90 valence electrons. The zero-order valence-electron chi connectivity index (χ0n) is 9.41. The van der Waals surface area contributed by atoms with Crippen LogP contribution in [0.25, 0.3) is 10.9 Å². The van der Waals surface area contributed by atoms with Crippen LogP contribution in [0.3, 0.4) is 0 Å². The van der Waals surface area contributed by atoms with Crippen LogP contribution >= 0.6 is 11.8 Å². The molecule has 0 bridgehead atoms. The van der Waals surface area contributed by atoms with Crippen LogP contribution in [-0.2, 0) is 7.05 Å². The van der Waals surface area contributed by atoms with E-state index in [-0.39, 0.29) is 5.82 Å². The number of rotatable bonds is 2. The normalized spacial score (nSPS) is 11.0. The largest absolute Gasteiger partial charge is 0.244 e. The Labute approximate surface area is 106 Å². The van der Waals surface area contributed by atoms with Crippen LogP contribution in [0.4, 0.5) is 4.39 Å². The summed E-state index contributed by atoms with van der Waals surface area (Å²) in [4.78, 5) is 12.2. The second kappa shape index (κ2) is 4.34. The van der Waals surface area contributed by atoms with Gasteiger partial charge < -0.3 is 0 Å². The lowest BCUT2D eigenvalue weighted by molar-refractivity contribution is 0.636. The van der Waals surface area contributed by atoms with Gasteiger partial charge in [-0.3, -0.25) is 0 Å². The van der Waals surface area contributed by atoms with E-state index in [2.05, 4.69) is 20.1 Å². The highest BCUT2D eigenvalue weighted by molar-refractivity contribution is 7.99. The van der Waals surface area contributed by atoms with Crippen molar-refractivity contribution in [2.45, 2.75) is 10.2 Å². The third kappa shape index (κ3) is 1.82. The second-order valence-corrected chi connectivity index (χ2v) is 4.54. The Morgan fingerprint density at radius 3 is 2.83 bits per heavy atom. The van der Waals surface area contributed by atoms with E-state index in [1.165, 1.54) is 30.5 Å². The van der Waals surface area contributed by atoms with Gasteiger partial charge in [0.1, 0.15) is 29.0 Å². The molecule has 3 rings (SSSR count). The fourth-order valence-corrected chi connectivity index (χ4v) is 2.40. The molecule has 0 aliphatic carbocycles. The lowest BCUT2D eigenvalue weighted by atomic mass is 10.2. The fourth-order valence-electron chi connectivity index (χ4n) is 1.57. The van der Waals surface area contributed by atoms with Gasteiger partial charge in [-0.25, -0.2) is 24.0 Å². The summed E-state index contributed by atoms with van der Waals surface area (Å²) in [7, 11) is 1.79. The molecule has 0 unspecified atom stereocenters. The Hall–Kier alpha value is -2.02. The zero-order valence-corrected chi connectivity index (χ0v) is 10.2. The number of aromatic nitrogens is 5. The molecule has 1 aromatic carbocycles. The Balaban J connectivity index is 2.13. The van der Waals surface area contributed by atoms with Crippen molar-refractivity contribution >= 4 is 22.7 Å². The minimum atomic E-state index is -0.352. The number of fused-ring (bicyclic) bond motifs is 1. The molecule has 0 fully saturated rings. The van der Waals surface area contributed by atoms with Gasteiger partial charge in [0.05, 0.1) is 0 Å². The molecule has 18 heavy (non-hydrogen) atoms. The Kier molecular flexibility index (Phi) is 2.67. The molecular formula is C11H8FN5S. The summed E-state index contributed by atoms with van der Waals surface area (Å²) >= 11 is 1.33. The summed E-state index contributed by atoms with van der Waals surface area (Å²) in [6, 6.07) is 4.81. The van der Waals surface area contributed by atoms with Crippen molar-refractivity contribution in [3.63, 3.8) is 0 Å². The van der Waals surface area contributed by atoms with Crippen molar-refractivity contribution in [1.82, 2.24) is 24.7 Å². The molecule has 7 heteroatoms. The number of halogens is 1. The Morgan fingerprint density at radius 2 is 2.06 bits per heavy atom. The first-order valence-electron chi connectivity index (χ1n) is 5.17. The molecule has 0 radical (unpaired) electrons. The number of aryl methyl sites for hydroxylation is 1. The summed E-state index contributed by atoms with van der Waals surface area (Å²) in [5, 5.41) is 6.01. The Morgan fingerprint density at radius 1 is 1.17 bits per heavy atom. The monoisotopic (exact) mass is 261 g/mol. The average molecular weight is 261 g/mol. The van der Waals surface area contributed by atoms with E-state index in [0.29, 0.717) is 21.1 Å². The topological polar surface area (TPSA) is 56.5 Å². The van der Waals surface area contributed by atoms with Gasteiger partial charge in [0.2, 0.25) is 0 Å². The predicted molar refractivity (Wildman–Crippen MR) is 64.6 cm³/mol. The van der Waals surface area contributed by atoms with E-state index in [9.17, 15) is 4.39 Å². The lowest BCUT2D eigenvalue weighted by Crippen LogP contribution is -1.94. The molecule has 0 aliphatic heterocycles. The van der Waals surface area contributed by atoms with Gasteiger partial charge in [0.25, 0.3) is 0 Å². The quantitative estimate of drug-likeness (QED) is 0.661. The van der Waals surface area contributed by atoms with Crippen molar-refractivity contribution in [2.75, 3.05) is 0 Å². The summed E-state index contributed by atoms with van der Waals surface area (Å²) in [5.74, 6) is -0.352. The highest BCUT2D eigenvalue weighted by Crippen LogP contribution is 2.29. The van der Waals surface area contributed by atoms with E-state index >= 15 is 0 Å². The number of para-hydroxylation sites is 1. The van der Waals surface area contributed by atoms with Crippen LogP contribution in [0.1, 0.15) is 0 Å². The first-order chi connectivity index (χ1) is 8.75. The van der Waals surface area contributed by atoms with Crippen molar-refractivity contribution in [3.05, 3.63) is 36.7 Å². The molecule has 0 atom stereocenters. The van der Waals surface area contributed by atoms with Crippen LogP contribution in [0.5, 0.6) is 0 Å². The highest BCUT2D eigenvalue weighted by Gasteiger charge is 2.11. The van der Waals surface area contributed by atoms with Crippen molar-refractivity contribution in [2.24, 2.45) is 7.05 Å². The molecule has 5 nitrogen and oxygen atoms in total. The molecule has 0 N–H and O–H groups in total. The average Bonchev–Trinajstić information content (AvgIpc) is 2.77. The third-order valence-electron chi connectivity index (χ3n) is 2.44. The summed E-state index contributed by atoms with van der Waals surface area (Å²) in [5.41, 5.74) is 0.317. The fraction of sp³-hybridized carbons (Fsp3) is 0.0909. The number of hydrogen-bond acceptors (Lipinski definition) is 5. The van der Waals surface area contributed by atoms with Gasteiger partial charge in [0.15, 0.2) is 5.16 Å². The van der Waals surface area contributed by atoms with Gasteiger partial charge >= 0.3 is 0 Å². The first kappa shape index (κ1) is 11.1. The van der Waals surface area contributed by atoms with Crippen molar-refractivity contribution in [1.29, 1.82) is 0 Å². The summed E-state index contributed by atoms with van der Waals surface area (Å²) in [6.07, 6.45) is 2.82. The molecule has 0 saturated heterocycles. The molecule has 2 aromatic heterocycles. The van der Waals surface area contributed by atoms with Gasteiger partial charge in [-0.1, -0.05) is 6.07 Å². The number of hydrogen-bond donors (Lipinski definition) is 0. The van der Waals surface area contributed by atoms with E-state index in [1.54, 1.807) is 23.9 Å². The van der Waals surface area contributed by atoms with Gasteiger partial charge in [-0.15, -0.1) is 0 Å². The van der Waals surface area contributed by atoms with Crippen LogP contribution in [0, 0.1) is 5.82 Å². The maximum Gasteiger partial charge on any atom is 0.192 e. The van der Waals surface area contributed by atoms with Gasteiger partial charge in [-0.05, 0) is 23.9 Å². The standard InChI is InChI=1S/C11H8FN5S/c1-17-11(15-6-16-17)18-10-7-3-2-4-8(12)9(7)13-5-14-10/h2-6H,1H3. The SMILES string of the molecule is Cn1ncnc1Sc1ncnc2c(F)cccc12. The predicted octanol–water partition coefficient (Wildman–Crippen LogP) is 2.05. The molecule has 0 spiro atoms. The van der Waals surface area contributed by atoms with Crippen LogP contribution < -0.4 is 0 Å². The van der Waals surface area contributed by atoms with Crippen LogP contribution in [0.2, 0.25) is 0 Å². The summed E-state index contributed by atoms with van der Waals surface area (Å²) in [6.45, 7) is 0. The van der Waals surface area contributed by atoms with E-state index in [4.69, 9.17) is 0 Å². The molecule has 0 aliphatic rings. The third-order valence-corrected chi connectivity index (χ3v) is 3.51. The molecule has 0 amide bonds. The minimum Gasteiger partial charge on any atom is -0.244 e. The van der Waals surface area contributed by atoms with Crippen LogP contribution in [-0.4, -0.2) is 24.7 Å². The number of benzene rings is 1. The van der Waals surface area contributed by atoms with E-state index < -0.39 is 0 Å². The van der Waals surface area contributed by atoms with Crippen molar-refractivity contribution < 1.29 is 4.39 Å². The van der Waals surface area contributed by atoms with Gasteiger partial charge in [-0.2, -0.15) is 5.10 Å². The van der Waals surface area contributed by atoms with Crippen molar-refractivity contribution in [3.8, 4) is 0 Å². The summed E-state index contributed by atoms with van der Waals surface area (Å²) < 4.78 is 15.2. The first-order valence-corrected chi connectivity index (χ1v) is 5.98. The molecule has 0 saturated carbocycles. The molecule has 2 heterocycles. The van der Waals surface area contributed by atoms with Crippen LogP contribution in [0.15, 0.2) is 41.0 Å². The maximum absolute atomic E-state index is 13.6.